The highest BCUT2D eigenvalue weighted by atomic mass is 32.2. The van der Waals surface area contributed by atoms with Crippen LogP contribution in [0.2, 0.25) is 0 Å². The largest absolute Gasteiger partial charge is 0.469 e. The van der Waals surface area contributed by atoms with Crippen molar-refractivity contribution in [1.29, 1.82) is 0 Å². The third kappa shape index (κ3) is 2.36. The molecular formula is C9H15NO3S. The Morgan fingerprint density at radius 1 is 1.50 bits per heavy atom. The van der Waals surface area contributed by atoms with Gasteiger partial charge in [-0.2, -0.15) is 0 Å². The molecule has 1 aromatic heterocycles. The summed E-state index contributed by atoms with van der Waals surface area (Å²) in [5.74, 6) is 0.892. The van der Waals surface area contributed by atoms with E-state index in [1.807, 2.05) is 6.92 Å². The number of hydrogen-bond acceptors (Lipinski definition) is 3. The van der Waals surface area contributed by atoms with Gasteiger partial charge in [0.15, 0.2) is 0 Å². The van der Waals surface area contributed by atoms with Crippen molar-refractivity contribution >= 4 is 10.0 Å². The van der Waals surface area contributed by atoms with Crippen LogP contribution >= 0.6 is 0 Å². The van der Waals surface area contributed by atoms with E-state index in [4.69, 9.17) is 4.42 Å². The first-order valence-electron chi connectivity index (χ1n) is 4.44. The summed E-state index contributed by atoms with van der Waals surface area (Å²) in [4.78, 5) is 0. The Balaban J connectivity index is 2.76. The molecule has 0 saturated heterocycles. The summed E-state index contributed by atoms with van der Waals surface area (Å²) >= 11 is 0. The van der Waals surface area contributed by atoms with Gasteiger partial charge < -0.3 is 4.42 Å². The van der Waals surface area contributed by atoms with Crippen LogP contribution in [0, 0.1) is 6.92 Å². The summed E-state index contributed by atoms with van der Waals surface area (Å²) in [7, 11) is -1.52. The molecule has 0 spiro atoms. The molecule has 4 nitrogen and oxygen atoms in total. The molecule has 0 fully saturated rings. The molecule has 0 atom stereocenters. The van der Waals surface area contributed by atoms with Gasteiger partial charge in [0.2, 0.25) is 10.0 Å². The summed E-state index contributed by atoms with van der Waals surface area (Å²) in [5.41, 5.74) is 0.907. The second-order valence-corrected chi connectivity index (χ2v) is 5.52. The van der Waals surface area contributed by atoms with Gasteiger partial charge in [0.25, 0.3) is 0 Å². The average Bonchev–Trinajstić information content (AvgIpc) is 2.52. The Morgan fingerprint density at radius 2 is 2.14 bits per heavy atom. The lowest BCUT2D eigenvalue weighted by atomic mass is 10.3. The highest BCUT2D eigenvalue weighted by Gasteiger charge is 2.16. The molecule has 80 valence electrons. The zero-order chi connectivity index (χ0) is 10.8. The van der Waals surface area contributed by atoms with Crippen LogP contribution in [0.4, 0.5) is 0 Å². The second kappa shape index (κ2) is 4.14. The van der Waals surface area contributed by atoms with Gasteiger partial charge in [-0.05, 0) is 19.9 Å². The van der Waals surface area contributed by atoms with Gasteiger partial charge in [0, 0.05) is 19.2 Å². The SMILES string of the molecule is CCS(=O)(=O)N(C)Cc1ccoc1C. The standard InChI is InChI=1S/C9H15NO3S/c1-4-14(11,12)10(3)7-9-5-6-13-8(9)2/h5-6H,4,7H2,1-3H3. The van der Waals surface area contributed by atoms with E-state index in [2.05, 4.69) is 0 Å². The number of aryl methyl sites for hydroxylation is 1. The minimum atomic E-state index is -3.10. The molecule has 1 rings (SSSR count). The molecule has 0 N–H and O–H groups in total. The topological polar surface area (TPSA) is 50.5 Å². The normalized spacial score (nSPS) is 12.3. The maximum atomic E-state index is 11.4. The van der Waals surface area contributed by atoms with Crippen LogP contribution in [0.25, 0.3) is 0 Å². The molecular weight excluding hydrogens is 202 g/mol. The fraction of sp³-hybridized carbons (Fsp3) is 0.556. The number of rotatable bonds is 4. The van der Waals surface area contributed by atoms with Crippen molar-refractivity contribution in [2.75, 3.05) is 12.8 Å². The first-order valence-corrected chi connectivity index (χ1v) is 6.05. The van der Waals surface area contributed by atoms with E-state index in [0.29, 0.717) is 6.54 Å². The molecule has 1 heterocycles. The predicted molar refractivity (Wildman–Crippen MR) is 54.4 cm³/mol. The van der Waals surface area contributed by atoms with Crippen LogP contribution in [-0.2, 0) is 16.6 Å². The summed E-state index contributed by atoms with van der Waals surface area (Å²) in [6.07, 6.45) is 1.57. The van der Waals surface area contributed by atoms with Crippen LogP contribution in [0.15, 0.2) is 16.7 Å². The van der Waals surface area contributed by atoms with Crippen LogP contribution < -0.4 is 0 Å². The molecule has 0 bridgehead atoms. The number of hydrogen-bond donors (Lipinski definition) is 0. The highest BCUT2D eigenvalue weighted by Crippen LogP contribution is 2.12. The van der Waals surface area contributed by atoms with Crippen LogP contribution in [0.5, 0.6) is 0 Å². The van der Waals surface area contributed by atoms with E-state index in [9.17, 15) is 8.42 Å². The minimum absolute atomic E-state index is 0.125. The van der Waals surface area contributed by atoms with Crippen molar-refractivity contribution in [2.45, 2.75) is 20.4 Å². The molecule has 0 unspecified atom stereocenters. The Bertz CT molecular complexity index is 394. The molecule has 0 aromatic carbocycles. The average molecular weight is 217 g/mol. The van der Waals surface area contributed by atoms with Gasteiger partial charge in [0.05, 0.1) is 12.0 Å². The van der Waals surface area contributed by atoms with Gasteiger partial charge in [0.1, 0.15) is 5.76 Å². The Kier molecular flexibility index (Phi) is 3.34. The van der Waals surface area contributed by atoms with Crippen molar-refractivity contribution in [3.8, 4) is 0 Å². The summed E-state index contributed by atoms with van der Waals surface area (Å²) in [5, 5.41) is 0. The Hall–Kier alpha value is -0.810. The molecule has 1 aromatic rings. The van der Waals surface area contributed by atoms with Gasteiger partial charge in [-0.15, -0.1) is 0 Å². The van der Waals surface area contributed by atoms with E-state index in [0.717, 1.165) is 11.3 Å². The molecule has 5 heteroatoms. The first-order chi connectivity index (χ1) is 6.47. The van der Waals surface area contributed by atoms with Gasteiger partial charge in [-0.1, -0.05) is 0 Å². The lowest BCUT2D eigenvalue weighted by molar-refractivity contribution is 0.460. The molecule has 0 amide bonds. The fourth-order valence-corrected chi connectivity index (χ4v) is 1.91. The van der Waals surface area contributed by atoms with Crippen molar-refractivity contribution in [2.24, 2.45) is 0 Å². The number of sulfonamides is 1. The van der Waals surface area contributed by atoms with Crippen LogP contribution in [-0.4, -0.2) is 25.5 Å². The van der Waals surface area contributed by atoms with Crippen molar-refractivity contribution in [3.05, 3.63) is 23.7 Å². The van der Waals surface area contributed by atoms with E-state index in [-0.39, 0.29) is 5.75 Å². The monoisotopic (exact) mass is 217 g/mol. The molecule has 14 heavy (non-hydrogen) atoms. The van der Waals surface area contributed by atoms with Gasteiger partial charge in [-0.25, -0.2) is 12.7 Å². The molecule has 0 aliphatic carbocycles. The van der Waals surface area contributed by atoms with Crippen LogP contribution in [0.3, 0.4) is 0 Å². The third-order valence-electron chi connectivity index (χ3n) is 2.20. The van der Waals surface area contributed by atoms with E-state index < -0.39 is 10.0 Å². The van der Waals surface area contributed by atoms with Crippen molar-refractivity contribution < 1.29 is 12.8 Å². The highest BCUT2D eigenvalue weighted by molar-refractivity contribution is 7.89. The zero-order valence-electron chi connectivity index (χ0n) is 8.65. The lowest BCUT2D eigenvalue weighted by Crippen LogP contribution is -2.27. The Labute approximate surface area is 84.6 Å². The summed E-state index contributed by atoms with van der Waals surface area (Å²) in [6.45, 7) is 3.83. The minimum Gasteiger partial charge on any atom is -0.469 e. The number of nitrogens with zero attached hydrogens (tertiary/aromatic N) is 1. The second-order valence-electron chi connectivity index (χ2n) is 3.16. The quantitative estimate of drug-likeness (QED) is 0.765. The molecule has 0 radical (unpaired) electrons. The van der Waals surface area contributed by atoms with Gasteiger partial charge in [-0.3, -0.25) is 0 Å². The molecule has 0 aliphatic rings. The fourth-order valence-electron chi connectivity index (χ4n) is 1.13. The number of furan rings is 1. The summed E-state index contributed by atoms with van der Waals surface area (Å²) < 4.78 is 29.3. The Morgan fingerprint density at radius 3 is 2.57 bits per heavy atom. The van der Waals surface area contributed by atoms with E-state index in [1.165, 1.54) is 4.31 Å². The third-order valence-corrected chi connectivity index (χ3v) is 4.01. The maximum Gasteiger partial charge on any atom is 0.213 e. The molecule has 0 saturated carbocycles. The summed E-state index contributed by atoms with van der Waals surface area (Å²) in [6, 6.07) is 1.79. The molecule has 0 aliphatic heterocycles. The lowest BCUT2D eigenvalue weighted by Gasteiger charge is -2.14. The van der Waals surface area contributed by atoms with E-state index in [1.54, 1.807) is 26.3 Å². The first kappa shape index (κ1) is 11.3. The van der Waals surface area contributed by atoms with Crippen molar-refractivity contribution in [3.63, 3.8) is 0 Å². The smallest absolute Gasteiger partial charge is 0.213 e. The van der Waals surface area contributed by atoms with Crippen LogP contribution in [0.1, 0.15) is 18.2 Å². The predicted octanol–water partition coefficient (Wildman–Crippen LogP) is 1.37. The van der Waals surface area contributed by atoms with Gasteiger partial charge >= 0.3 is 0 Å². The maximum absolute atomic E-state index is 11.4. The zero-order valence-corrected chi connectivity index (χ0v) is 9.47. The van der Waals surface area contributed by atoms with E-state index >= 15 is 0 Å². The van der Waals surface area contributed by atoms with Crippen molar-refractivity contribution in [1.82, 2.24) is 4.31 Å².